The van der Waals surface area contributed by atoms with Gasteiger partial charge in [0, 0.05) is 60.1 Å². The summed E-state index contributed by atoms with van der Waals surface area (Å²) in [5, 5.41) is 24.3. The van der Waals surface area contributed by atoms with Crippen LogP contribution in [-0.2, 0) is 13.0 Å². The van der Waals surface area contributed by atoms with Crippen LogP contribution in [0.4, 0.5) is 5.69 Å². The molecule has 3 aromatic carbocycles. The summed E-state index contributed by atoms with van der Waals surface area (Å²) in [7, 11) is 3.52. The summed E-state index contributed by atoms with van der Waals surface area (Å²) in [4.78, 5) is 11.4. The van der Waals surface area contributed by atoms with Crippen LogP contribution in [0.15, 0.2) is 95.7 Å². The van der Waals surface area contributed by atoms with Gasteiger partial charge in [0.05, 0.1) is 26.0 Å². The van der Waals surface area contributed by atoms with E-state index in [1.807, 2.05) is 24.5 Å². The van der Waals surface area contributed by atoms with Crippen LogP contribution in [0.2, 0.25) is 0 Å². The predicted octanol–water partition coefficient (Wildman–Crippen LogP) is 9.37. The number of anilines is 1. The summed E-state index contributed by atoms with van der Waals surface area (Å²) in [6.07, 6.45) is 17.7. The Bertz CT molecular complexity index is 1960. The van der Waals surface area contributed by atoms with Crippen molar-refractivity contribution in [2.75, 3.05) is 45.0 Å². The van der Waals surface area contributed by atoms with Crippen LogP contribution in [0.5, 0.6) is 23.0 Å². The number of benzene rings is 3. The number of thioether (sulfide) groups is 1. The largest absolute Gasteiger partial charge is 0.504 e. The fraction of sp³-hybridized carbons (Fsp3) is 0.400. The first kappa shape index (κ1) is 37.7. The number of aryl methyl sites for hydroxylation is 1. The summed E-state index contributed by atoms with van der Waals surface area (Å²) in [5.41, 5.74) is 8.56. The summed E-state index contributed by atoms with van der Waals surface area (Å²) < 4.78 is 12.0. The van der Waals surface area contributed by atoms with Crippen LogP contribution in [0, 0.1) is 0 Å². The van der Waals surface area contributed by atoms with Crippen molar-refractivity contribution in [3.8, 4) is 34.3 Å². The van der Waals surface area contributed by atoms with E-state index in [2.05, 4.69) is 82.9 Å². The van der Waals surface area contributed by atoms with Crippen molar-refractivity contribution in [2.45, 2.75) is 81.3 Å². The minimum Gasteiger partial charge on any atom is -0.504 e. The number of pyridine rings is 1. The average Bonchev–Trinajstić information content (AvgIpc) is 3.18. The molecule has 0 bridgehead atoms. The van der Waals surface area contributed by atoms with Gasteiger partial charge in [-0.25, -0.2) is 0 Å². The molecule has 1 aliphatic carbocycles. The number of hydrogen-bond acceptors (Lipinski definition) is 9. The van der Waals surface area contributed by atoms with Crippen LogP contribution >= 0.6 is 11.8 Å². The van der Waals surface area contributed by atoms with Gasteiger partial charge in [0.15, 0.2) is 11.5 Å². The number of hydrogen-bond donors (Lipinski definition) is 3. The number of aromatic hydroxyl groups is 2. The molecule has 2 aliphatic heterocycles. The van der Waals surface area contributed by atoms with Crippen LogP contribution < -0.4 is 19.7 Å². The van der Waals surface area contributed by atoms with Crippen molar-refractivity contribution in [1.29, 1.82) is 0 Å². The van der Waals surface area contributed by atoms with Crippen molar-refractivity contribution in [2.24, 2.45) is 0 Å². The summed E-state index contributed by atoms with van der Waals surface area (Å²) in [6.45, 7) is 5.66. The van der Waals surface area contributed by atoms with Crippen molar-refractivity contribution >= 4 is 17.4 Å². The van der Waals surface area contributed by atoms with E-state index in [1.165, 1.54) is 46.5 Å². The van der Waals surface area contributed by atoms with E-state index < -0.39 is 0 Å². The maximum absolute atomic E-state index is 10.5. The molecule has 0 radical (unpaired) electrons. The van der Waals surface area contributed by atoms with Gasteiger partial charge in [-0.2, -0.15) is 0 Å². The highest BCUT2D eigenvalue weighted by atomic mass is 32.2. The molecule has 3 heterocycles. The van der Waals surface area contributed by atoms with Gasteiger partial charge in [-0.1, -0.05) is 38.0 Å². The van der Waals surface area contributed by atoms with E-state index in [9.17, 15) is 10.2 Å². The molecule has 284 valence electrons. The van der Waals surface area contributed by atoms with Crippen LogP contribution in [-0.4, -0.2) is 66.2 Å². The van der Waals surface area contributed by atoms with Gasteiger partial charge in [0.1, 0.15) is 11.5 Å². The molecular weight excluding hydrogens is 693 g/mol. The number of rotatable bonds is 14. The van der Waals surface area contributed by atoms with E-state index in [4.69, 9.17) is 14.5 Å². The van der Waals surface area contributed by atoms with Gasteiger partial charge >= 0.3 is 0 Å². The number of phenolic OH excluding ortho intramolecular Hbond substituents is 2. The highest BCUT2D eigenvalue weighted by Crippen LogP contribution is 2.47. The van der Waals surface area contributed by atoms with Crippen LogP contribution in [0.25, 0.3) is 11.3 Å². The molecule has 3 N–H and O–H groups in total. The van der Waals surface area contributed by atoms with Gasteiger partial charge in [0.2, 0.25) is 0 Å². The van der Waals surface area contributed by atoms with Crippen molar-refractivity contribution < 1.29 is 19.7 Å². The maximum atomic E-state index is 10.5. The first-order chi connectivity index (χ1) is 26.4. The number of likely N-dealkylation sites (tertiary alicyclic amines) is 1. The summed E-state index contributed by atoms with van der Waals surface area (Å²) in [6, 6.07) is 21.5. The van der Waals surface area contributed by atoms with Crippen molar-refractivity contribution in [3.05, 3.63) is 113 Å². The van der Waals surface area contributed by atoms with Crippen molar-refractivity contribution in [3.63, 3.8) is 0 Å². The topological polar surface area (TPSA) is 90.3 Å². The Hall–Kier alpha value is -4.60. The average molecular weight is 747 g/mol. The van der Waals surface area contributed by atoms with E-state index >= 15 is 0 Å². The minimum atomic E-state index is -0.0631. The first-order valence-electron chi connectivity index (χ1n) is 19.4. The van der Waals surface area contributed by atoms with E-state index in [0.717, 1.165) is 85.7 Å². The Kier molecular flexibility index (Phi) is 12.0. The molecule has 3 aliphatic rings. The lowest BCUT2D eigenvalue weighted by Crippen LogP contribution is -2.45. The lowest BCUT2D eigenvalue weighted by Gasteiger charge is -2.40. The molecular formula is C45H54N4O4S. The van der Waals surface area contributed by atoms with Gasteiger partial charge in [0.25, 0.3) is 0 Å². The zero-order valence-corrected chi connectivity index (χ0v) is 32.9. The molecule has 0 amide bonds. The molecule has 1 atom stereocenters. The lowest BCUT2D eigenvalue weighted by molar-refractivity contribution is 0.224. The molecule has 1 saturated heterocycles. The third-order valence-electron chi connectivity index (χ3n) is 11.4. The van der Waals surface area contributed by atoms with Gasteiger partial charge < -0.3 is 29.9 Å². The number of dihydropyridines is 1. The number of aromatic nitrogens is 1. The SMILES string of the molecule is CCCc1cc(C2C=C(CN3CCC(N(Cc4cccnc4-c4cc(OC)c(C5CCC5)c(OC)c4)c4cccc(SC)c4)CC3)C=CN2)cc(O)c1O. The standard InChI is InChI=1S/C45H54N4O4S/c1-5-9-32-23-34(24-40(50)45(32)51)39-22-30(15-19-46-39)28-48-20-16-36(17-21-48)49(37-13-7-14-38(27-37)54-4)29-33-12-8-18-47-44(33)35-25-41(52-2)43(31-10-6-11-31)42(26-35)53-3/h7-8,12-15,18-19,22-27,31,36,39,46,50-51H,5-6,9-11,16-17,20-21,28-29H2,1-4H3. The second-order valence-electron chi connectivity index (χ2n) is 14.8. The number of nitrogens with zero attached hydrogens (tertiary/aromatic N) is 3. The van der Waals surface area contributed by atoms with Crippen LogP contribution in [0.1, 0.15) is 79.7 Å². The van der Waals surface area contributed by atoms with E-state index in [1.54, 1.807) is 32.0 Å². The second kappa shape index (κ2) is 17.2. The van der Waals surface area contributed by atoms with Gasteiger partial charge in [-0.3, -0.25) is 9.88 Å². The number of methoxy groups -OCH3 is 2. The fourth-order valence-electron chi connectivity index (χ4n) is 8.27. The zero-order valence-electron chi connectivity index (χ0n) is 32.1. The number of ether oxygens (including phenoxy) is 2. The second-order valence-corrected chi connectivity index (χ2v) is 15.7. The molecule has 8 nitrogen and oxygen atoms in total. The predicted molar refractivity (Wildman–Crippen MR) is 220 cm³/mol. The zero-order chi connectivity index (χ0) is 37.6. The van der Waals surface area contributed by atoms with Gasteiger partial charge in [-0.15, -0.1) is 11.8 Å². The lowest BCUT2D eigenvalue weighted by atomic mass is 9.78. The van der Waals surface area contributed by atoms with Crippen LogP contribution in [0.3, 0.4) is 0 Å². The Labute approximate surface area is 324 Å². The quantitative estimate of drug-likeness (QED) is 0.0863. The molecule has 0 spiro atoms. The molecule has 1 unspecified atom stereocenters. The first-order valence-corrected chi connectivity index (χ1v) is 20.6. The van der Waals surface area contributed by atoms with Gasteiger partial charge in [-0.05, 0) is 127 Å². The Morgan fingerprint density at radius 2 is 1.72 bits per heavy atom. The maximum Gasteiger partial charge on any atom is 0.160 e. The third-order valence-corrected chi connectivity index (χ3v) is 12.1. The molecule has 54 heavy (non-hydrogen) atoms. The molecule has 7 rings (SSSR count). The molecule has 1 aromatic heterocycles. The summed E-state index contributed by atoms with van der Waals surface area (Å²) in [5.74, 6) is 2.18. The fourth-order valence-corrected chi connectivity index (χ4v) is 8.72. The Morgan fingerprint density at radius 1 is 0.944 bits per heavy atom. The highest BCUT2D eigenvalue weighted by Gasteiger charge is 2.30. The van der Waals surface area contributed by atoms with Crippen molar-refractivity contribution in [1.82, 2.24) is 15.2 Å². The smallest absolute Gasteiger partial charge is 0.160 e. The normalized spacial score (nSPS) is 17.8. The Morgan fingerprint density at radius 3 is 2.41 bits per heavy atom. The number of nitrogens with one attached hydrogen (secondary N) is 1. The minimum absolute atomic E-state index is 0.00803. The summed E-state index contributed by atoms with van der Waals surface area (Å²) >= 11 is 1.78. The number of piperidine rings is 1. The highest BCUT2D eigenvalue weighted by molar-refractivity contribution is 7.98. The van der Waals surface area contributed by atoms with E-state index in [-0.39, 0.29) is 17.5 Å². The third kappa shape index (κ3) is 8.22. The molecule has 9 heteroatoms. The molecule has 2 fully saturated rings. The number of phenols is 2. The molecule has 1 saturated carbocycles. The van der Waals surface area contributed by atoms with E-state index in [0.29, 0.717) is 12.0 Å². The molecule has 4 aromatic rings. The monoisotopic (exact) mass is 746 g/mol. The Balaban J connectivity index is 1.10.